The third-order valence-electron chi connectivity index (χ3n) is 4.54. The van der Waals surface area contributed by atoms with E-state index >= 15 is 0 Å². The maximum absolute atomic E-state index is 12.2. The van der Waals surface area contributed by atoms with Gasteiger partial charge in [0.05, 0.1) is 13.2 Å². The summed E-state index contributed by atoms with van der Waals surface area (Å²) in [5.74, 6) is 0.509. The maximum Gasteiger partial charge on any atom is 0.321 e. The van der Waals surface area contributed by atoms with E-state index < -0.39 is 0 Å². The molecule has 3 rings (SSSR count). The summed E-state index contributed by atoms with van der Waals surface area (Å²) in [6.07, 6.45) is 0. The van der Waals surface area contributed by atoms with Crippen LogP contribution in [0.4, 0.5) is 10.5 Å². The largest absolute Gasteiger partial charge is 0.379 e. The summed E-state index contributed by atoms with van der Waals surface area (Å²) in [6.45, 7) is 9.55. The highest BCUT2D eigenvalue weighted by molar-refractivity contribution is 5.89. The van der Waals surface area contributed by atoms with Crippen molar-refractivity contribution in [2.75, 3.05) is 44.7 Å². The molecule has 2 amide bonds. The Morgan fingerprint density at radius 2 is 1.82 bits per heavy atom. The molecular weight excluding hydrogens is 278 g/mol. The van der Waals surface area contributed by atoms with Gasteiger partial charge in [0.15, 0.2) is 0 Å². The Kier molecular flexibility index (Phi) is 4.64. The van der Waals surface area contributed by atoms with E-state index in [0.29, 0.717) is 12.0 Å². The Labute approximate surface area is 132 Å². The van der Waals surface area contributed by atoms with Crippen LogP contribution in [0.25, 0.3) is 0 Å². The minimum Gasteiger partial charge on any atom is -0.379 e. The van der Waals surface area contributed by atoms with Crippen LogP contribution >= 0.6 is 0 Å². The summed E-state index contributed by atoms with van der Waals surface area (Å²) in [5.41, 5.74) is 2.15. The molecule has 5 nitrogen and oxygen atoms in total. The summed E-state index contributed by atoms with van der Waals surface area (Å²) < 4.78 is 5.36. The lowest BCUT2D eigenvalue weighted by atomic mass is 10.0. The molecule has 22 heavy (non-hydrogen) atoms. The molecule has 0 atom stereocenters. The fourth-order valence-electron chi connectivity index (χ4n) is 2.95. The zero-order chi connectivity index (χ0) is 15.5. The molecule has 2 aliphatic heterocycles. The molecule has 2 fully saturated rings. The number of anilines is 1. The van der Waals surface area contributed by atoms with E-state index in [1.807, 2.05) is 17.0 Å². The van der Waals surface area contributed by atoms with E-state index in [-0.39, 0.29) is 6.03 Å². The van der Waals surface area contributed by atoms with Crippen LogP contribution in [-0.4, -0.2) is 61.3 Å². The predicted octanol–water partition coefficient (Wildman–Crippen LogP) is 2.36. The van der Waals surface area contributed by atoms with Gasteiger partial charge < -0.3 is 15.0 Å². The van der Waals surface area contributed by atoms with E-state index in [4.69, 9.17) is 4.74 Å². The Morgan fingerprint density at radius 3 is 2.41 bits per heavy atom. The first kappa shape index (κ1) is 15.3. The highest BCUT2D eigenvalue weighted by Gasteiger charge is 2.35. The maximum atomic E-state index is 12.2. The van der Waals surface area contributed by atoms with Gasteiger partial charge in [-0.2, -0.15) is 0 Å². The quantitative estimate of drug-likeness (QED) is 0.932. The number of amides is 2. The minimum atomic E-state index is 0.00167. The average molecular weight is 303 g/mol. The molecule has 0 spiro atoms. The van der Waals surface area contributed by atoms with Crippen molar-refractivity contribution in [2.24, 2.45) is 0 Å². The first-order valence-corrected chi connectivity index (χ1v) is 8.11. The van der Waals surface area contributed by atoms with Crippen LogP contribution in [0, 0.1) is 0 Å². The number of hydrogen-bond acceptors (Lipinski definition) is 3. The van der Waals surface area contributed by atoms with E-state index in [9.17, 15) is 4.79 Å². The number of benzene rings is 1. The van der Waals surface area contributed by atoms with Crippen molar-refractivity contribution in [1.82, 2.24) is 9.80 Å². The number of likely N-dealkylation sites (tertiary alicyclic amines) is 1. The monoisotopic (exact) mass is 303 g/mol. The van der Waals surface area contributed by atoms with Crippen LogP contribution < -0.4 is 5.32 Å². The van der Waals surface area contributed by atoms with Gasteiger partial charge in [-0.1, -0.05) is 26.0 Å². The molecule has 0 unspecified atom stereocenters. The van der Waals surface area contributed by atoms with E-state index in [2.05, 4.69) is 36.2 Å². The molecule has 0 saturated carbocycles. The Bertz CT molecular complexity index is 503. The number of ether oxygens (including phenoxy) is 1. The molecule has 0 aromatic heterocycles. The lowest BCUT2D eigenvalue weighted by Crippen LogP contribution is -2.63. The number of rotatable bonds is 3. The number of nitrogens with one attached hydrogen (secondary N) is 1. The average Bonchev–Trinajstić information content (AvgIpc) is 2.47. The highest BCUT2D eigenvalue weighted by atomic mass is 16.5. The summed E-state index contributed by atoms with van der Waals surface area (Å²) in [7, 11) is 0. The molecule has 1 aromatic rings. The van der Waals surface area contributed by atoms with Crippen LogP contribution in [0.1, 0.15) is 25.3 Å². The van der Waals surface area contributed by atoms with Crippen molar-refractivity contribution in [3.05, 3.63) is 29.8 Å². The van der Waals surface area contributed by atoms with Crippen LogP contribution in [0.3, 0.4) is 0 Å². The van der Waals surface area contributed by atoms with Crippen molar-refractivity contribution >= 4 is 11.7 Å². The zero-order valence-corrected chi connectivity index (χ0v) is 13.4. The lowest BCUT2D eigenvalue weighted by Gasteiger charge is -2.46. The number of carbonyl (C=O) groups excluding carboxylic acids is 1. The minimum absolute atomic E-state index is 0.00167. The van der Waals surface area contributed by atoms with Gasteiger partial charge >= 0.3 is 6.03 Å². The Hall–Kier alpha value is -1.59. The van der Waals surface area contributed by atoms with Crippen molar-refractivity contribution in [3.8, 4) is 0 Å². The SMILES string of the molecule is CC(C)c1ccc(NC(=O)N2CC(N3CCOCC3)C2)cc1. The normalized spacial score (nSPS) is 20.0. The number of morpholine rings is 1. The van der Waals surface area contributed by atoms with Crippen LogP contribution in [-0.2, 0) is 4.74 Å². The molecule has 0 aliphatic carbocycles. The smallest absolute Gasteiger partial charge is 0.321 e. The second kappa shape index (κ2) is 6.67. The van der Waals surface area contributed by atoms with Crippen molar-refractivity contribution in [2.45, 2.75) is 25.8 Å². The second-order valence-electron chi connectivity index (χ2n) is 6.41. The van der Waals surface area contributed by atoms with Gasteiger partial charge in [0.1, 0.15) is 0 Å². The predicted molar refractivity (Wildman–Crippen MR) is 87.3 cm³/mol. The highest BCUT2D eigenvalue weighted by Crippen LogP contribution is 2.20. The molecule has 1 aromatic carbocycles. The standard InChI is InChI=1S/C17H25N3O2/c1-13(2)14-3-5-15(6-4-14)18-17(21)20-11-16(12-20)19-7-9-22-10-8-19/h3-6,13,16H,7-12H2,1-2H3,(H,18,21). The molecule has 2 aliphatic rings. The molecule has 120 valence electrons. The topological polar surface area (TPSA) is 44.8 Å². The van der Waals surface area contributed by atoms with Gasteiger partial charge in [0.25, 0.3) is 0 Å². The van der Waals surface area contributed by atoms with Crippen LogP contribution in [0.5, 0.6) is 0 Å². The second-order valence-corrected chi connectivity index (χ2v) is 6.41. The van der Waals surface area contributed by atoms with Crippen molar-refractivity contribution < 1.29 is 9.53 Å². The molecule has 1 N–H and O–H groups in total. The Morgan fingerprint density at radius 1 is 1.18 bits per heavy atom. The summed E-state index contributed by atoms with van der Waals surface area (Å²) in [4.78, 5) is 16.5. The lowest BCUT2D eigenvalue weighted by molar-refractivity contribution is -0.0189. The van der Waals surface area contributed by atoms with E-state index in [1.54, 1.807) is 0 Å². The van der Waals surface area contributed by atoms with Gasteiger partial charge in [0.2, 0.25) is 0 Å². The molecule has 5 heteroatoms. The number of nitrogens with zero attached hydrogens (tertiary/aromatic N) is 2. The molecular formula is C17H25N3O2. The van der Waals surface area contributed by atoms with E-state index in [1.165, 1.54) is 5.56 Å². The van der Waals surface area contributed by atoms with Gasteiger partial charge in [-0.3, -0.25) is 4.90 Å². The van der Waals surface area contributed by atoms with Gasteiger partial charge in [-0.25, -0.2) is 4.79 Å². The number of carbonyl (C=O) groups is 1. The third-order valence-corrected chi connectivity index (χ3v) is 4.54. The first-order valence-electron chi connectivity index (χ1n) is 8.11. The van der Waals surface area contributed by atoms with Gasteiger partial charge in [-0.15, -0.1) is 0 Å². The summed E-state index contributed by atoms with van der Waals surface area (Å²) in [5, 5.41) is 2.98. The molecule has 2 saturated heterocycles. The fraction of sp³-hybridized carbons (Fsp3) is 0.588. The van der Waals surface area contributed by atoms with E-state index in [0.717, 1.165) is 45.1 Å². The third kappa shape index (κ3) is 3.42. The molecule has 0 radical (unpaired) electrons. The number of urea groups is 1. The molecule has 2 heterocycles. The van der Waals surface area contributed by atoms with Gasteiger partial charge in [-0.05, 0) is 23.6 Å². The van der Waals surface area contributed by atoms with Crippen LogP contribution in [0.15, 0.2) is 24.3 Å². The Balaban J connectivity index is 1.47. The van der Waals surface area contributed by atoms with Gasteiger partial charge in [0, 0.05) is 37.9 Å². The summed E-state index contributed by atoms with van der Waals surface area (Å²) in [6, 6.07) is 8.61. The fourth-order valence-corrected chi connectivity index (χ4v) is 2.95. The first-order chi connectivity index (χ1) is 10.6. The zero-order valence-electron chi connectivity index (χ0n) is 13.4. The molecule has 0 bridgehead atoms. The van der Waals surface area contributed by atoms with Crippen molar-refractivity contribution in [3.63, 3.8) is 0 Å². The summed E-state index contributed by atoms with van der Waals surface area (Å²) >= 11 is 0. The van der Waals surface area contributed by atoms with Crippen molar-refractivity contribution in [1.29, 1.82) is 0 Å². The van der Waals surface area contributed by atoms with Crippen LogP contribution in [0.2, 0.25) is 0 Å². The number of hydrogen-bond donors (Lipinski definition) is 1.